The Kier molecular flexibility index (Phi) is 7.01. The molecule has 11 heteroatoms. The van der Waals surface area contributed by atoms with Crippen molar-refractivity contribution in [3.05, 3.63) is 59.0 Å². The standard InChI is InChI=1S/C25H25FN6O3S/c1-3-35-24(33)17-13-27-25(28-14-17)31(2)15-19-12-20-21(36-19)23(32-8-10-34-11-9-32)30-22(29-20)16-4-6-18(26)7-5-16/h4-7,12-14H,3,8-11,15H2,1-2H3. The highest BCUT2D eigenvalue weighted by atomic mass is 32.1. The van der Waals surface area contributed by atoms with Crippen molar-refractivity contribution in [1.82, 2.24) is 19.9 Å². The Morgan fingerprint density at radius 3 is 2.58 bits per heavy atom. The number of hydrogen-bond acceptors (Lipinski definition) is 10. The first-order valence-electron chi connectivity index (χ1n) is 11.6. The third-order valence-corrected chi connectivity index (χ3v) is 6.81. The molecule has 0 amide bonds. The van der Waals surface area contributed by atoms with Crippen molar-refractivity contribution in [3.63, 3.8) is 0 Å². The zero-order chi connectivity index (χ0) is 25.1. The van der Waals surface area contributed by atoms with Gasteiger partial charge in [-0.25, -0.2) is 29.1 Å². The van der Waals surface area contributed by atoms with Crippen LogP contribution in [0.3, 0.4) is 0 Å². The van der Waals surface area contributed by atoms with Gasteiger partial charge in [0.15, 0.2) is 11.6 Å². The van der Waals surface area contributed by atoms with Crippen molar-refractivity contribution in [2.45, 2.75) is 13.5 Å². The second-order valence-electron chi connectivity index (χ2n) is 8.25. The molecule has 3 aromatic heterocycles. The number of esters is 1. The van der Waals surface area contributed by atoms with Crippen LogP contribution >= 0.6 is 11.3 Å². The van der Waals surface area contributed by atoms with Gasteiger partial charge in [-0.1, -0.05) is 0 Å². The SMILES string of the molecule is CCOC(=O)c1cnc(N(C)Cc2cc3nc(-c4ccc(F)cc4)nc(N4CCOCC4)c3s2)nc1. The number of benzene rings is 1. The van der Waals surface area contributed by atoms with Gasteiger partial charge in [-0.2, -0.15) is 0 Å². The maximum atomic E-state index is 13.5. The minimum atomic E-state index is -0.442. The van der Waals surface area contributed by atoms with E-state index >= 15 is 0 Å². The Hall–Kier alpha value is -3.70. The van der Waals surface area contributed by atoms with Crippen LogP contribution in [0.1, 0.15) is 22.2 Å². The molecule has 0 bridgehead atoms. The summed E-state index contributed by atoms with van der Waals surface area (Å²) in [5.74, 6) is 1.16. The van der Waals surface area contributed by atoms with Gasteiger partial charge >= 0.3 is 5.97 Å². The molecule has 1 saturated heterocycles. The molecule has 0 saturated carbocycles. The van der Waals surface area contributed by atoms with Crippen molar-refractivity contribution in [2.24, 2.45) is 0 Å². The van der Waals surface area contributed by atoms with Gasteiger partial charge in [0.1, 0.15) is 5.82 Å². The molecular formula is C25H25FN6O3S. The van der Waals surface area contributed by atoms with Crippen LogP contribution in [-0.2, 0) is 16.0 Å². The summed E-state index contributed by atoms with van der Waals surface area (Å²) in [5.41, 5.74) is 1.90. The van der Waals surface area contributed by atoms with E-state index in [1.54, 1.807) is 30.4 Å². The number of aromatic nitrogens is 4. The van der Waals surface area contributed by atoms with E-state index in [0.29, 0.717) is 43.7 Å². The molecule has 0 atom stereocenters. The van der Waals surface area contributed by atoms with Crippen LogP contribution in [0.4, 0.5) is 16.2 Å². The zero-order valence-corrected chi connectivity index (χ0v) is 20.8. The van der Waals surface area contributed by atoms with Gasteiger partial charge in [0, 0.05) is 43.0 Å². The normalized spacial score (nSPS) is 13.7. The zero-order valence-electron chi connectivity index (χ0n) is 20.0. The fourth-order valence-electron chi connectivity index (χ4n) is 3.90. The van der Waals surface area contributed by atoms with Gasteiger partial charge in [0.25, 0.3) is 0 Å². The Bertz CT molecular complexity index is 1360. The molecule has 1 aromatic carbocycles. The predicted molar refractivity (Wildman–Crippen MR) is 136 cm³/mol. The molecule has 0 aliphatic carbocycles. The van der Waals surface area contributed by atoms with E-state index in [4.69, 9.17) is 19.4 Å². The van der Waals surface area contributed by atoms with Crippen LogP contribution in [0, 0.1) is 5.82 Å². The highest BCUT2D eigenvalue weighted by Crippen LogP contribution is 2.35. The van der Waals surface area contributed by atoms with Crippen LogP contribution in [0.5, 0.6) is 0 Å². The summed E-state index contributed by atoms with van der Waals surface area (Å²) in [6, 6.07) is 8.26. The van der Waals surface area contributed by atoms with Gasteiger partial charge in [-0.05, 0) is 37.3 Å². The quantitative estimate of drug-likeness (QED) is 0.344. The van der Waals surface area contributed by atoms with E-state index in [9.17, 15) is 9.18 Å². The molecule has 186 valence electrons. The Morgan fingerprint density at radius 1 is 1.17 bits per heavy atom. The van der Waals surface area contributed by atoms with Crippen molar-refractivity contribution in [3.8, 4) is 11.4 Å². The smallest absolute Gasteiger partial charge is 0.341 e. The number of rotatable bonds is 7. The van der Waals surface area contributed by atoms with Crippen molar-refractivity contribution < 1.29 is 18.7 Å². The minimum Gasteiger partial charge on any atom is -0.462 e. The topological polar surface area (TPSA) is 93.6 Å². The number of hydrogen-bond donors (Lipinski definition) is 0. The summed E-state index contributed by atoms with van der Waals surface area (Å²) in [4.78, 5) is 35.4. The molecule has 0 spiro atoms. The summed E-state index contributed by atoms with van der Waals surface area (Å²) in [7, 11) is 1.89. The highest BCUT2D eigenvalue weighted by molar-refractivity contribution is 7.19. The average Bonchev–Trinajstić information content (AvgIpc) is 3.31. The van der Waals surface area contributed by atoms with Crippen LogP contribution in [-0.4, -0.2) is 65.9 Å². The third-order valence-electron chi connectivity index (χ3n) is 5.70. The van der Waals surface area contributed by atoms with Crippen molar-refractivity contribution in [2.75, 3.05) is 49.8 Å². The maximum Gasteiger partial charge on any atom is 0.341 e. The number of carbonyl (C=O) groups is 1. The first kappa shape index (κ1) is 24.0. The molecule has 9 nitrogen and oxygen atoms in total. The molecule has 4 aromatic rings. The van der Waals surface area contributed by atoms with E-state index in [0.717, 1.165) is 39.6 Å². The third kappa shape index (κ3) is 5.12. The van der Waals surface area contributed by atoms with Crippen LogP contribution in [0.2, 0.25) is 0 Å². The molecular weight excluding hydrogens is 483 g/mol. The van der Waals surface area contributed by atoms with Crippen LogP contribution in [0.15, 0.2) is 42.7 Å². The number of carbonyl (C=O) groups excluding carboxylic acids is 1. The Morgan fingerprint density at radius 2 is 1.89 bits per heavy atom. The second-order valence-corrected chi connectivity index (χ2v) is 9.39. The molecule has 0 N–H and O–H groups in total. The molecule has 4 heterocycles. The first-order valence-corrected chi connectivity index (χ1v) is 12.4. The number of anilines is 2. The summed E-state index contributed by atoms with van der Waals surface area (Å²) >= 11 is 1.62. The van der Waals surface area contributed by atoms with Gasteiger partial charge in [-0.15, -0.1) is 11.3 Å². The molecule has 36 heavy (non-hydrogen) atoms. The molecule has 1 aliphatic heterocycles. The van der Waals surface area contributed by atoms with E-state index in [2.05, 4.69) is 14.9 Å². The summed E-state index contributed by atoms with van der Waals surface area (Å²) in [6.07, 6.45) is 2.94. The average molecular weight is 509 g/mol. The lowest BCUT2D eigenvalue weighted by Crippen LogP contribution is -2.36. The lowest BCUT2D eigenvalue weighted by Gasteiger charge is -2.28. The highest BCUT2D eigenvalue weighted by Gasteiger charge is 2.21. The van der Waals surface area contributed by atoms with Crippen LogP contribution in [0.25, 0.3) is 21.6 Å². The van der Waals surface area contributed by atoms with E-state index in [-0.39, 0.29) is 5.82 Å². The number of ether oxygens (including phenoxy) is 2. The predicted octanol–water partition coefficient (Wildman–Crippen LogP) is 3.94. The Labute approximate surface area is 211 Å². The number of thiophene rings is 1. The second kappa shape index (κ2) is 10.5. The summed E-state index contributed by atoms with van der Waals surface area (Å²) < 4.78 is 25.0. The van der Waals surface area contributed by atoms with E-state index < -0.39 is 5.97 Å². The fraction of sp³-hybridized carbons (Fsp3) is 0.320. The van der Waals surface area contributed by atoms with Gasteiger partial charge in [-0.3, -0.25) is 0 Å². The Balaban J connectivity index is 1.45. The van der Waals surface area contributed by atoms with Gasteiger partial charge in [0.05, 0.1) is 42.1 Å². The van der Waals surface area contributed by atoms with E-state index in [1.807, 2.05) is 18.0 Å². The monoisotopic (exact) mass is 508 g/mol. The van der Waals surface area contributed by atoms with Crippen LogP contribution < -0.4 is 9.80 Å². The summed E-state index contributed by atoms with van der Waals surface area (Å²) in [6.45, 7) is 5.35. The molecule has 0 radical (unpaired) electrons. The molecule has 1 fully saturated rings. The molecule has 1 aliphatic rings. The van der Waals surface area contributed by atoms with Gasteiger partial charge in [0.2, 0.25) is 5.95 Å². The fourth-order valence-corrected chi connectivity index (χ4v) is 5.07. The van der Waals surface area contributed by atoms with Crippen molar-refractivity contribution in [1.29, 1.82) is 0 Å². The minimum absolute atomic E-state index is 0.296. The lowest BCUT2D eigenvalue weighted by molar-refractivity contribution is 0.0525. The number of fused-ring (bicyclic) bond motifs is 1. The maximum absolute atomic E-state index is 13.5. The number of halogens is 1. The molecule has 0 unspecified atom stereocenters. The largest absolute Gasteiger partial charge is 0.462 e. The first-order chi connectivity index (χ1) is 17.5. The molecule has 5 rings (SSSR count). The van der Waals surface area contributed by atoms with Crippen molar-refractivity contribution >= 4 is 39.3 Å². The summed E-state index contributed by atoms with van der Waals surface area (Å²) in [5, 5.41) is 0. The number of nitrogens with zero attached hydrogens (tertiary/aromatic N) is 6. The van der Waals surface area contributed by atoms with Gasteiger partial charge < -0.3 is 19.3 Å². The number of morpholine rings is 1. The lowest BCUT2D eigenvalue weighted by atomic mass is 10.2. The van der Waals surface area contributed by atoms with E-state index in [1.165, 1.54) is 24.5 Å².